The van der Waals surface area contributed by atoms with Crippen LogP contribution in [0.15, 0.2) is 48.5 Å². The Hall–Kier alpha value is -2.04. The van der Waals surface area contributed by atoms with Gasteiger partial charge in [0.1, 0.15) is 0 Å². The van der Waals surface area contributed by atoms with E-state index in [1.54, 1.807) is 7.11 Å². The van der Waals surface area contributed by atoms with Gasteiger partial charge in [-0.1, -0.05) is 36.4 Å². The highest BCUT2D eigenvalue weighted by molar-refractivity contribution is 5.42. The molecule has 0 spiro atoms. The van der Waals surface area contributed by atoms with Crippen LogP contribution in [-0.4, -0.2) is 37.7 Å². The van der Waals surface area contributed by atoms with Crippen LogP contribution in [0.5, 0.6) is 11.5 Å². The molecule has 0 bridgehead atoms. The van der Waals surface area contributed by atoms with Crippen molar-refractivity contribution >= 4 is 0 Å². The number of hydrogen-bond acceptors (Lipinski definition) is 4. The molecule has 1 saturated heterocycles. The minimum absolute atomic E-state index is 0.583. The lowest BCUT2D eigenvalue weighted by atomic mass is 10.0. The van der Waals surface area contributed by atoms with E-state index in [0.29, 0.717) is 12.6 Å². The van der Waals surface area contributed by atoms with Crippen LogP contribution in [0.1, 0.15) is 30.9 Å². The lowest BCUT2D eigenvalue weighted by Gasteiger charge is -2.32. The average Bonchev–Trinajstić information content (AvgIpc) is 2.69. The first kappa shape index (κ1) is 18.7. The summed E-state index contributed by atoms with van der Waals surface area (Å²) in [5.41, 5.74) is 2.64. The Labute approximate surface area is 157 Å². The quantitative estimate of drug-likeness (QED) is 0.781. The van der Waals surface area contributed by atoms with Crippen LogP contribution in [0.2, 0.25) is 0 Å². The molecular formula is C22H30N2O2. The Morgan fingerprint density at radius 3 is 2.46 bits per heavy atom. The second-order valence-electron chi connectivity index (χ2n) is 6.84. The van der Waals surface area contributed by atoms with E-state index < -0.39 is 0 Å². The molecule has 0 unspecified atom stereocenters. The van der Waals surface area contributed by atoms with Gasteiger partial charge in [0, 0.05) is 19.1 Å². The van der Waals surface area contributed by atoms with Gasteiger partial charge in [0.25, 0.3) is 0 Å². The van der Waals surface area contributed by atoms with E-state index in [1.165, 1.54) is 24.0 Å². The van der Waals surface area contributed by atoms with Gasteiger partial charge in [-0.05, 0) is 56.1 Å². The van der Waals surface area contributed by atoms with Crippen LogP contribution in [0.3, 0.4) is 0 Å². The standard InChI is InChI=1S/C22H30N2O2/c1-3-26-21-10-9-19(15-22(21)25-2)16-23-20-11-13-24(14-12-20)17-18-7-5-4-6-8-18/h4-10,15,20,23H,3,11-14,16-17H2,1-2H3. The highest BCUT2D eigenvalue weighted by Gasteiger charge is 2.19. The molecule has 26 heavy (non-hydrogen) atoms. The molecule has 0 amide bonds. The van der Waals surface area contributed by atoms with Crippen LogP contribution >= 0.6 is 0 Å². The van der Waals surface area contributed by atoms with E-state index in [9.17, 15) is 0 Å². The van der Waals surface area contributed by atoms with Crippen LogP contribution in [0, 0.1) is 0 Å². The van der Waals surface area contributed by atoms with E-state index in [0.717, 1.165) is 37.7 Å². The molecule has 2 aromatic carbocycles. The Morgan fingerprint density at radius 2 is 1.77 bits per heavy atom. The van der Waals surface area contributed by atoms with Crippen molar-refractivity contribution in [3.63, 3.8) is 0 Å². The summed E-state index contributed by atoms with van der Waals surface area (Å²) in [4.78, 5) is 2.55. The van der Waals surface area contributed by atoms with Crippen LogP contribution in [0.4, 0.5) is 0 Å². The molecule has 0 aliphatic carbocycles. The van der Waals surface area contributed by atoms with Crippen LogP contribution < -0.4 is 14.8 Å². The second-order valence-corrected chi connectivity index (χ2v) is 6.84. The summed E-state index contributed by atoms with van der Waals surface area (Å²) >= 11 is 0. The topological polar surface area (TPSA) is 33.7 Å². The number of methoxy groups -OCH3 is 1. The summed E-state index contributed by atoms with van der Waals surface area (Å²) in [7, 11) is 1.69. The first-order chi connectivity index (χ1) is 12.8. The SMILES string of the molecule is CCOc1ccc(CNC2CCN(Cc3ccccc3)CC2)cc1OC. The highest BCUT2D eigenvalue weighted by atomic mass is 16.5. The number of piperidine rings is 1. The van der Waals surface area contributed by atoms with Crippen molar-refractivity contribution in [1.29, 1.82) is 0 Å². The Bertz CT molecular complexity index is 667. The zero-order chi connectivity index (χ0) is 18.2. The third-order valence-electron chi connectivity index (χ3n) is 4.96. The van der Waals surface area contributed by atoms with E-state index in [2.05, 4.69) is 52.7 Å². The van der Waals surface area contributed by atoms with Crippen molar-refractivity contribution in [2.24, 2.45) is 0 Å². The third kappa shape index (κ3) is 5.23. The number of likely N-dealkylation sites (tertiary alicyclic amines) is 1. The summed E-state index contributed by atoms with van der Waals surface area (Å²) in [6.07, 6.45) is 2.39. The molecule has 1 heterocycles. The maximum absolute atomic E-state index is 5.59. The maximum atomic E-state index is 5.59. The van der Waals surface area contributed by atoms with Crippen molar-refractivity contribution in [3.05, 3.63) is 59.7 Å². The predicted octanol–water partition coefficient (Wildman–Crippen LogP) is 3.85. The van der Waals surface area contributed by atoms with Crippen LogP contribution in [-0.2, 0) is 13.1 Å². The van der Waals surface area contributed by atoms with Gasteiger partial charge >= 0.3 is 0 Å². The van der Waals surface area contributed by atoms with Gasteiger partial charge in [0.05, 0.1) is 13.7 Å². The fourth-order valence-electron chi connectivity index (χ4n) is 3.50. The average molecular weight is 354 g/mol. The van der Waals surface area contributed by atoms with E-state index in [1.807, 2.05) is 13.0 Å². The first-order valence-corrected chi connectivity index (χ1v) is 9.58. The normalized spacial score (nSPS) is 15.8. The Balaban J connectivity index is 1.45. The van der Waals surface area contributed by atoms with Gasteiger partial charge in [-0.3, -0.25) is 4.90 Å². The molecule has 140 valence electrons. The van der Waals surface area contributed by atoms with Gasteiger partial charge in [-0.2, -0.15) is 0 Å². The zero-order valence-electron chi connectivity index (χ0n) is 15.9. The highest BCUT2D eigenvalue weighted by Crippen LogP contribution is 2.28. The van der Waals surface area contributed by atoms with Gasteiger partial charge in [-0.25, -0.2) is 0 Å². The van der Waals surface area contributed by atoms with Gasteiger partial charge in [-0.15, -0.1) is 0 Å². The molecule has 1 aliphatic heterocycles. The lowest BCUT2D eigenvalue weighted by Crippen LogP contribution is -2.41. The molecule has 3 rings (SSSR count). The summed E-state index contributed by atoms with van der Waals surface area (Å²) in [6.45, 7) is 6.86. The van der Waals surface area contributed by atoms with Crippen LogP contribution in [0.25, 0.3) is 0 Å². The summed E-state index contributed by atoms with van der Waals surface area (Å²) in [5.74, 6) is 1.62. The Kier molecular flexibility index (Phi) is 6.92. The minimum Gasteiger partial charge on any atom is -0.493 e. The van der Waals surface area contributed by atoms with Gasteiger partial charge in [0.2, 0.25) is 0 Å². The molecule has 0 radical (unpaired) electrons. The minimum atomic E-state index is 0.583. The molecule has 1 N–H and O–H groups in total. The van der Waals surface area contributed by atoms with E-state index >= 15 is 0 Å². The number of rotatable bonds is 8. The fourth-order valence-corrected chi connectivity index (χ4v) is 3.50. The third-order valence-corrected chi connectivity index (χ3v) is 4.96. The van der Waals surface area contributed by atoms with Crippen molar-refractivity contribution in [1.82, 2.24) is 10.2 Å². The van der Waals surface area contributed by atoms with Gasteiger partial charge in [0.15, 0.2) is 11.5 Å². The maximum Gasteiger partial charge on any atom is 0.161 e. The number of nitrogens with zero attached hydrogens (tertiary/aromatic N) is 1. The number of benzene rings is 2. The molecule has 0 saturated carbocycles. The molecular weight excluding hydrogens is 324 g/mol. The summed E-state index contributed by atoms with van der Waals surface area (Å²) in [6, 6.07) is 17.5. The summed E-state index contributed by atoms with van der Waals surface area (Å²) < 4.78 is 11.0. The van der Waals surface area contributed by atoms with Gasteiger partial charge < -0.3 is 14.8 Å². The van der Waals surface area contributed by atoms with Crippen molar-refractivity contribution < 1.29 is 9.47 Å². The first-order valence-electron chi connectivity index (χ1n) is 9.58. The number of nitrogens with one attached hydrogen (secondary N) is 1. The molecule has 4 nitrogen and oxygen atoms in total. The number of ether oxygens (including phenoxy) is 2. The summed E-state index contributed by atoms with van der Waals surface area (Å²) in [5, 5.41) is 3.70. The second kappa shape index (κ2) is 9.60. The lowest BCUT2D eigenvalue weighted by molar-refractivity contribution is 0.190. The smallest absolute Gasteiger partial charge is 0.161 e. The monoisotopic (exact) mass is 354 g/mol. The largest absolute Gasteiger partial charge is 0.493 e. The molecule has 2 aromatic rings. The van der Waals surface area contributed by atoms with E-state index in [-0.39, 0.29) is 0 Å². The molecule has 0 aromatic heterocycles. The molecule has 1 fully saturated rings. The molecule has 1 aliphatic rings. The predicted molar refractivity (Wildman–Crippen MR) is 106 cm³/mol. The van der Waals surface area contributed by atoms with Crippen molar-refractivity contribution in [3.8, 4) is 11.5 Å². The molecule has 0 atom stereocenters. The van der Waals surface area contributed by atoms with E-state index in [4.69, 9.17) is 9.47 Å². The zero-order valence-corrected chi connectivity index (χ0v) is 15.9. The fraction of sp³-hybridized carbons (Fsp3) is 0.455. The van der Waals surface area contributed by atoms with Crippen molar-refractivity contribution in [2.75, 3.05) is 26.8 Å². The Morgan fingerprint density at radius 1 is 1.00 bits per heavy atom. The number of hydrogen-bond donors (Lipinski definition) is 1. The van der Waals surface area contributed by atoms with Crippen molar-refractivity contribution in [2.45, 2.75) is 38.9 Å². The molecule has 4 heteroatoms.